The highest BCUT2D eigenvalue weighted by Crippen LogP contribution is 2.28. The van der Waals surface area contributed by atoms with E-state index in [4.69, 9.17) is 5.11 Å². The normalized spacial score (nSPS) is 21.3. The van der Waals surface area contributed by atoms with Crippen LogP contribution in [0.2, 0.25) is 0 Å². The van der Waals surface area contributed by atoms with Gasteiger partial charge in [0.1, 0.15) is 11.9 Å². The number of halogens is 1. The van der Waals surface area contributed by atoms with Crippen LogP contribution >= 0.6 is 11.8 Å². The summed E-state index contributed by atoms with van der Waals surface area (Å²) in [5.41, 5.74) is 0.524. The Morgan fingerprint density at radius 3 is 2.86 bits per heavy atom. The molecular weight excluding hydrogens is 295 g/mol. The SMILES string of the molecule is CC1SCC(C(=O)O)N1C(=O)NCCc1ccccc1F. The van der Waals surface area contributed by atoms with Gasteiger partial charge in [0, 0.05) is 12.3 Å². The van der Waals surface area contributed by atoms with Crippen molar-refractivity contribution in [3.63, 3.8) is 0 Å². The maximum atomic E-state index is 13.4. The number of aliphatic carboxylic acids is 1. The van der Waals surface area contributed by atoms with Gasteiger partial charge in [0.05, 0.1) is 5.37 Å². The van der Waals surface area contributed by atoms with Crippen LogP contribution in [0, 0.1) is 5.82 Å². The maximum Gasteiger partial charge on any atom is 0.327 e. The number of nitrogens with zero attached hydrogens (tertiary/aromatic N) is 1. The molecule has 1 aromatic rings. The summed E-state index contributed by atoms with van der Waals surface area (Å²) in [6, 6.07) is 5.15. The van der Waals surface area contributed by atoms with Crippen LogP contribution in [-0.4, -0.2) is 45.7 Å². The van der Waals surface area contributed by atoms with Crippen LogP contribution < -0.4 is 5.32 Å². The van der Waals surface area contributed by atoms with Crippen molar-refractivity contribution in [2.75, 3.05) is 12.3 Å². The van der Waals surface area contributed by atoms with Crippen LogP contribution in [0.1, 0.15) is 12.5 Å². The van der Waals surface area contributed by atoms with Crippen molar-refractivity contribution in [2.45, 2.75) is 24.8 Å². The number of benzene rings is 1. The first-order valence-electron chi connectivity index (χ1n) is 6.64. The summed E-state index contributed by atoms with van der Waals surface area (Å²) >= 11 is 1.43. The van der Waals surface area contributed by atoms with Gasteiger partial charge in [-0.2, -0.15) is 0 Å². The van der Waals surface area contributed by atoms with E-state index in [-0.39, 0.29) is 17.7 Å². The van der Waals surface area contributed by atoms with Gasteiger partial charge < -0.3 is 10.4 Å². The number of rotatable bonds is 4. The third-order valence-electron chi connectivity index (χ3n) is 3.37. The monoisotopic (exact) mass is 312 g/mol. The van der Waals surface area contributed by atoms with Crippen LogP contribution in [0.4, 0.5) is 9.18 Å². The van der Waals surface area contributed by atoms with E-state index in [0.717, 1.165) is 0 Å². The molecule has 1 fully saturated rings. The van der Waals surface area contributed by atoms with E-state index in [1.807, 2.05) is 0 Å². The van der Waals surface area contributed by atoms with Gasteiger partial charge in [-0.25, -0.2) is 14.0 Å². The average Bonchev–Trinajstić information content (AvgIpc) is 2.83. The Kier molecular flexibility index (Phi) is 5.06. The summed E-state index contributed by atoms with van der Waals surface area (Å²) in [7, 11) is 0. The molecule has 114 valence electrons. The molecule has 2 amide bonds. The molecule has 1 aliphatic rings. The quantitative estimate of drug-likeness (QED) is 0.891. The lowest BCUT2D eigenvalue weighted by Gasteiger charge is -2.25. The Hall–Kier alpha value is -1.76. The molecule has 0 saturated carbocycles. The van der Waals surface area contributed by atoms with Crippen molar-refractivity contribution < 1.29 is 19.1 Å². The van der Waals surface area contributed by atoms with Crippen LogP contribution in [0.3, 0.4) is 0 Å². The van der Waals surface area contributed by atoms with Gasteiger partial charge in [0.15, 0.2) is 0 Å². The fourth-order valence-corrected chi connectivity index (χ4v) is 3.41. The lowest BCUT2D eigenvalue weighted by molar-refractivity contribution is -0.141. The molecule has 2 N–H and O–H groups in total. The lowest BCUT2D eigenvalue weighted by Crippen LogP contribution is -2.49. The Balaban J connectivity index is 1.89. The predicted octanol–water partition coefficient (Wildman–Crippen LogP) is 1.93. The summed E-state index contributed by atoms with van der Waals surface area (Å²) in [5.74, 6) is -0.923. The second-order valence-electron chi connectivity index (χ2n) is 4.77. The summed E-state index contributed by atoms with van der Waals surface area (Å²) in [6.07, 6.45) is 0.367. The van der Waals surface area contributed by atoms with Crippen LogP contribution in [0.5, 0.6) is 0 Å². The summed E-state index contributed by atoms with van der Waals surface area (Å²) in [5, 5.41) is 11.6. The van der Waals surface area contributed by atoms with Crippen molar-refractivity contribution in [3.8, 4) is 0 Å². The highest BCUT2D eigenvalue weighted by atomic mass is 32.2. The summed E-state index contributed by atoms with van der Waals surface area (Å²) in [6.45, 7) is 2.06. The van der Waals surface area contributed by atoms with Crippen molar-refractivity contribution in [3.05, 3.63) is 35.6 Å². The van der Waals surface area contributed by atoms with Crippen LogP contribution in [0.15, 0.2) is 24.3 Å². The maximum absolute atomic E-state index is 13.4. The fraction of sp³-hybridized carbons (Fsp3) is 0.429. The number of carboxylic acid groups (broad SMARTS) is 1. The Bertz CT molecular complexity index is 541. The molecule has 0 radical (unpaired) electrons. The average molecular weight is 312 g/mol. The Morgan fingerprint density at radius 1 is 1.48 bits per heavy atom. The van der Waals surface area contributed by atoms with Gasteiger partial charge >= 0.3 is 12.0 Å². The van der Waals surface area contributed by atoms with Crippen LogP contribution in [-0.2, 0) is 11.2 Å². The van der Waals surface area contributed by atoms with Gasteiger partial charge in [-0.15, -0.1) is 11.8 Å². The van der Waals surface area contributed by atoms with E-state index in [1.54, 1.807) is 25.1 Å². The van der Waals surface area contributed by atoms with Gasteiger partial charge in [0.25, 0.3) is 0 Å². The van der Waals surface area contributed by atoms with Crippen molar-refractivity contribution in [1.29, 1.82) is 0 Å². The minimum atomic E-state index is -1.00. The van der Waals surface area contributed by atoms with Crippen LogP contribution in [0.25, 0.3) is 0 Å². The molecule has 1 saturated heterocycles. The molecule has 2 unspecified atom stereocenters. The van der Waals surface area contributed by atoms with E-state index in [1.165, 1.54) is 22.7 Å². The second kappa shape index (κ2) is 6.80. The van der Waals surface area contributed by atoms with Gasteiger partial charge in [-0.1, -0.05) is 18.2 Å². The van der Waals surface area contributed by atoms with Gasteiger partial charge in [0.2, 0.25) is 0 Å². The smallest absolute Gasteiger partial charge is 0.327 e. The van der Waals surface area contributed by atoms with E-state index in [9.17, 15) is 14.0 Å². The minimum Gasteiger partial charge on any atom is -0.480 e. The summed E-state index contributed by atoms with van der Waals surface area (Å²) < 4.78 is 13.4. The first kappa shape index (κ1) is 15.6. The highest BCUT2D eigenvalue weighted by Gasteiger charge is 2.39. The Morgan fingerprint density at radius 2 is 2.19 bits per heavy atom. The van der Waals surface area contributed by atoms with Gasteiger partial charge in [-0.3, -0.25) is 4.90 Å². The van der Waals surface area contributed by atoms with Crippen molar-refractivity contribution in [2.24, 2.45) is 0 Å². The molecule has 0 spiro atoms. The Labute approximate surface area is 126 Å². The molecule has 1 aromatic carbocycles. The topological polar surface area (TPSA) is 69.6 Å². The molecule has 0 aromatic heterocycles. The number of carbonyl (C=O) groups is 2. The standard InChI is InChI=1S/C14H17FN2O3S/c1-9-17(12(8-21-9)13(18)19)14(20)16-7-6-10-4-2-3-5-11(10)15/h2-5,9,12H,6-8H2,1H3,(H,16,20)(H,18,19). The molecule has 1 aliphatic heterocycles. The molecule has 21 heavy (non-hydrogen) atoms. The number of amides is 2. The second-order valence-corrected chi connectivity index (χ2v) is 6.12. The largest absolute Gasteiger partial charge is 0.480 e. The number of urea groups is 1. The number of thioether (sulfide) groups is 1. The summed E-state index contributed by atoms with van der Waals surface area (Å²) in [4.78, 5) is 24.5. The van der Waals surface area contributed by atoms with E-state index in [2.05, 4.69) is 5.32 Å². The van der Waals surface area contributed by atoms with E-state index in [0.29, 0.717) is 17.7 Å². The molecule has 1 heterocycles. The number of hydrogen-bond donors (Lipinski definition) is 2. The fourth-order valence-electron chi connectivity index (χ4n) is 2.24. The lowest BCUT2D eigenvalue weighted by atomic mass is 10.1. The molecule has 0 aliphatic carbocycles. The molecular formula is C14H17FN2O3S. The number of nitrogens with one attached hydrogen (secondary N) is 1. The number of carboxylic acids is 1. The molecule has 5 nitrogen and oxygen atoms in total. The minimum absolute atomic E-state index is 0.181. The van der Waals surface area contributed by atoms with E-state index < -0.39 is 18.0 Å². The molecule has 7 heteroatoms. The third-order valence-corrected chi connectivity index (χ3v) is 4.59. The first-order valence-corrected chi connectivity index (χ1v) is 7.69. The number of hydrogen-bond acceptors (Lipinski definition) is 3. The van der Waals surface area contributed by atoms with Crippen molar-refractivity contribution in [1.82, 2.24) is 10.2 Å². The van der Waals surface area contributed by atoms with Gasteiger partial charge in [-0.05, 0) is 25.0 Å². The first-order chi connectivity index (χ1) is 10.0. The molecule has 2 rings (SSSR count). The predicted molar refractivity (Wildman–Crippen MR) is 78.7 cm³/mol. The van der Waals surface area contributed by atoms with Crippen molar-refractivity contribution >= 4 is 23.8 Å². The zero-order valence-electron chi connectivity index (χ0n) is 11.6. The molecule has 0 bridgehead atoms. The van der Waals surface area contributed by atoms with E-state index >= 15 is 0 Å². The third kappa shape index (κ3) is 3.66. The zero-order chi connectivity index (χ0) is 15.4. The number of carbonyl (C=O) groups excluding carboxylic acids is 1. The zero-order valence-corrected chi connectivity index (χ0v) is 12.4. The highest BCUT2D eigenvalue weighted by molar-refractivity contribution is 8.00. The molecule has 2 atom stereocenters.